The van der Waals surface area contributed by atoms with Gasteiger partial charge >= 0.3 is 0 Å². The minimum absolute atomic E-state index is 0.342. The van der Waals surface area contributed by atoms with Crippen molar-refractivity contribution in [3.8, 4) is 0 Å². The zero-order valence-corrected chi connectivity index (χ0v) is 9.17. The lowest BCUT2D eigenvalue weighted by molar-refractivity contribution is 0.153. The van der Waals surface area contributed by atoms with Crippen LogP contribution in [0.4, 0.5) is 0 Å². The van der Waals surface area contributed by atoms with E-state index in [-0.39, 0.29) is 5.66 Å². The quantitative estimate of drug-likeness (QED) is 0.633. The summed E-state index contributed by atoms with van der Waals surface area (Å²) < 4.78 is 0. The van der Waals surface area contributed by atoms with Crippen molar-refractivity contribution in [1.82, 2.24) is 0 Å². The Kier molecular flexibility index (Phi) is 3.13. The molecular weight excluding hydrogens is 172 g/mol. The van der Waals surface area contributed by atoms with Crippen molar-refractivity contribution in [2.45, 2.75) is 63.5 Å². The summed E-state index contributed by atoms with van der Waals surface area (Å²) in [5.41, 5.74) is 11.6. The Hall–Kier alpha value is -0.0800. The van der Waals surface area contributed by atoms with Gasteiger partial charge in [-0.25, -0.2) is 0 Å². The molecule has 2 aliphatic carbocycles. The zero-order chi connectivity index (χ0) is 10.0. The summed E-state index contributed by atoms with van der Waals surface area (Å²) in [6, 6.07) is 0. The molecule has 0 amide bonds. The Morgan fingerprint density at radius 3 is 1.79 bits per heavy atom. The van der Waals surface area contributed by atoms with Crippen LogP contribution < -0.4 is 11.5 Å². The van der Waals surface area contributed by atoms with Crippen molar-refractivity contribution < 1.29 is 0 Å². The molecule has 14 heavy (non-hydrogen) atoms. The molecule has 0 aromatic rings. The molecule has 0 aromatic carbocycles. The van der Waals surface area contributed by atoms with E-state index in [2.05, 4.69) is 0 Å². The van der Waals surface area contributed by atoms with E-state index in [1.165, 1.54) is 44.9 Å². The van der Waals surface area contributed by atoms with E-state index in [1.807, 2.05) is 0 Å². The Morgan fingerprint density at radius 1 is 0.714 bits per heavy atom. The summed E-state index contributed by atoms with van der Waals surface area (Å²) in [4.78, 5) is 0. The van der Waals surface area contributed by atoms with Gasteiger partial charge in [0.25, 0.3) is 0 Å². The first-order valence-electron chi connectivity index (χ1n) is 6.25. The third-order valence-corrected chi connectivity index (χ3v) is 4.28. The van der Waals surface area contributed by atoms with Gasteiger partial charge in [-0.15, -0.1) is 0 Å². The van der Waals surface area contributed by atoms with Gasteiger partial charge in [0.2, 0.25) is 0 Å². The Morgan fingerprint density at radius 2 is 1.21 bits per heavy atom. The molecule has 2 rings (SSSR count). The predicted octanol–water partition coefficient (Wildman–Crippen LogP) is 2.37. The molecule has 0 spiro atoms. The average Bonchev–Trinajstić information content (AvgIpc) is 2.19. The van der Waals surface area contributed by atoms with Crippen molar-refractivity contribution >= 4 is 0 Å². The number of hydrogen-bond donors (Lipinski definition) is 2. The second-order valence-corrected chi connectivity index (χ2v) is 5.47. The fraction of sp³-hybridized carbons (Fsp3) is 1.00. The van der Waals surface area contributed by atoms with E-state index in [0.717, 1.165) is 24.7 Å². The first-order chi connectivity index (χ1) is 6.67. The zero-order valence-electron chi connectivity index (χ0n) is 9.17. The van der Waals surface area contributed by atoms with Crippen LogP contribution >= 0.6 is 0 Å². The molecular formula is C12H24N2. The van der Waals surface area contributed by atoms with Crippen LogP contribution in [0.5, 0.6) is 0 Å². The van der Waals surface area contributed by atoms with Crippen molar-refractivity contribution in [2.24, 2.45) is 23.3 Å². The highest BCUT2D eigenvalue weighted by atomic mass is 15.0. The molecule has 2 nitrogen and oxygen atoms in total. The molecule has 2 heteroatoms. The summed E-state index contributed by atoms with van der Waals surface area (Å²) in [5, 5.41) is 0. The number of rotatable bonds is 1. The van der Waals surface area contributed by atoms with Gasteiger partial charge in [0, 0.05) is 0 Å². The Balaban J connectivity index is 1.82. The van der Waals surface area contributed by atoms with Crippen LogP contribution in [0, 0.1) is 11.8 Å². The molecule has 4 N–H and O–H groups in total. The van der Waals surface area contributed by atoms with E-state index in [1.54, 1.807) is 0 Å². The highest BCUT2D eigenvalue weighted by Crippen LogP contribution is 2.39. The topological polar surface area (TPSA) is 52.0 Å². The van der Waals surface area contributed by atoms with Crippen molar-refractivity contribution in [2.75, 3.05) is 0 Å². The maximum atomic E-state index is 5.95. The van der Waals surface area contributed by atoms with Gasteiger partial charge in [0.1, 0.15) is 0 Å². The monoisotopic (exact) mass is 196 g/mol. The van der Waals surface area contributed by atoms with E-state index in [0.29, 0.717) is 0 Å². The van der Waals surface area contributed by atoms with Gasteiger partial charge in [-0.3, -0.25) is 0 Å². The average molecular weight is 196 g/mol. The van der Waals surface area contributed by atoms with Gasteiger partial charge in [0.05, 0.1) is 5.66 Å². The maximum absolute atomic E-state index is 5.95. The lowest BCUT2D eigenvalue weighted by Gasteiger charge is -2.39. The molecule has 2 aliphatic rings. The van der Waals surface area contributed by atoms with Gasteiger partial charge in [-0.05, 0) is 37.5 Å². The van der Waals surface area contributed by atoms with Crippen LogP contribution in [0.2, 0.25) is 0 Å². The molecule has 0 atom stereocenters. The minimum Gasteiger partial charge on any atom is -0.313 e. The second-order valence-electron chi connectivity index (χ2n) is 5.47. The second kappa shape index (κ2) is 4.19. The van der Waals surface area contributed by atoms with Gasteiger partial charge in [0.15, 0.2) is 0 Å². The third kappa shape index (κ3) is 2.48. The van der Waals surface area contributed by atoms with Crippen LogP contribution in [0.3, 0.4) is 0 Å². The molecule has 2 saturated carbocycles. The van der Waals surface area contributed by atoms with Crippen LogP contribution in [0.25, 0.3) is 0 Å². The summed E-state index contributed by atoms with van der Waals surface area (Å²) in [5.74, 6) is 1.94. The fourth-order valence-electron chi connectivity index (χ4n) is 3.25. The van der Waals surface area contributed by atoms with E-state index >= 15 is 0 Å². The fourth-order valence-corrected chi connectivity index (χ4v) is 3.25. The molecule has 0 radical (unpaired) electrons. The van der Waals surface area contributed by atoms with Gasteiger partial charge in [-0.1, -0.05) is 32.1 Å². The first-order valence-corrected chi connectivity index (χ1v) is 6.25. The van der Waals surface area contributed by atoms with Crippen molar-refractivity contribution in [3.05, 3.63) is 0 Å². The van der Waals surface area contributed by atoms with Crippen LogP contribution in [-0.4, -0.2) is 5.66 Å². The third-order valence-electron chi connectivity index (χ3n) is 4.28. The van der Waals surface area contributed by atoms with Crippen LogP contribution in [0.1, 0.15) is 57.8 Å². The Bertz CT molecular complexity index is 173. The van der Waals surface area contributed by atoms with Crippen molar-refractivity contribution in [1.29, 1.82) is 0 Å². The lowest BCUT2D eigenvalue weighted by Crippen LogP contribution is -2.52. The van der Waals surface area contributed by atoms with Gasteiger partial charge < -0.3 is 11.5 Å². The highest BCUT2D eigenvalue weighted by Gasteiger charge is 2.32. The molecule has 0 unspecified atom stereocenters. The SMILES string of the molecule is NC1(N)CCC(C2CCCCC2)CC1. The molecule has 2 fully saturated rings. The Labute approximate surface area is 87.4 Å². The standard InChI is InChI=1S/C12H24N2/c13-12(14)8-6-11(7-9-12)10-4-2-1-3-5-10/h10-11H,1-9,13-14H2. The number of hydrogen-bond acceptors (Lipinski definition) is 2. The smallest absolute Gasteiger partial charge is 0.0636 e. The molecule has 0 aromatic heterocycles. The molecule has 82 valence electrons. The van der Waals surface area contributed by atoms with E-state index in [4.69, 9.17) is 11.5 Å². The molecule has 0 bridgehead atoms. The predicted molar refractivity (Wildman–Crippen MR) is 59.6 cm³/mol. The maximum Gasteiger partial charge on any atom is 0.0636 e. The summed E-state index contributed by atoms with van der Waals surface area (Å²) in [7, 11) is 0. The highest BCUT2D eigenvalue weighted by molar-refractivity contribution is 4.87. The molecule has 0 saturated heterocycles. The van der Waals surface area contributed by atoms with E-state index < -0.39 is 0 Å². The minimum atomic E-state index is -0.342. The summed E-state index contributed by atoms with van der Waals surface area (Å²) >= 11 is 0. The molecule has 0 heterocycles. The normalized spacial score (nSPS) is 30.4. The van der Waals surface area contributed by atoms with Gasteiger partial charge in [-0.2, -0.15) is 0 Å². The van der Waals surface area contributed by atoms with E-state index in [9.17, 15) is 0 Å². The van der Waals surface area contributed by atoms with Crippen LogP contribution in [-0.2, 0) is 0 Å². The largest absolute Gasteiger partial charge is 0.313 e. The summed E-state index contributed by atoms with van der Waals surface area (Å²) in [6.07, 6.45) is 11.9. The summed E-state index contributed by atoms with van der Waals surface area (Å²) in [6.45, 7) is 0. The lowest BCUT2D eigenvalue weighted by atomic mass is 9.71. The molecule has 0 aliphatic heterocycles. The van der Waals surface area contributed by atoms with Crippen LogP contribution in [0.15, 0.2) is 0 Å². The number of nitrogens with two attached hydrogens (primary N) is 2. The van der Waals surface area contributed by atoms with Crippen molar-refractivity contribution in [3.63, 3.8) is 0 Å². The first kappa shape index (κ1) is 10.4.